The van der Waals surface area contributed by atoms with E-state index in [1.807, 2.05) is 6.07 Å². The molecule has 0 aliphatic heterocycles. The smallest absolute Gasteiger partial charge is 0.143 e. The number of nitrogens with zero attached hydrogens (tertiary/aromatic N) is 3. The SMILES string of the molecule is CN(c1ccccc1C#N)c1cccc(F)c1C#N. The Morgan fingerprint density at radius 1 is 0.947 bits per heavy atom. The zero-order valence-corrected chi connectivity index (χ0v) is 10.3. The van der Waals surface area contributed by atoms with E-state index in [9.17, 15) is 4.39 Å². The molecule has 3 nitrogen and oxygen atoms in total. The average Bonchev–Trinajstić information content (AvgIpc) is 2.46. The van der Waals surface area contributed by atoms with Gasteiger partial charge in [0.1, 0.15) is 23.5 Å². The molecule has 0 amide bonds. The first kappa shape index (κ1) is 12.6. The predicted octanol–water partition coefficient (Wildman–Crippen LogP) is 3.34. The van der Waals surface area contributed by atoms with Crippen molar-refractivity contribution in [2.45, 2.75) is 0 Å². The van der Waals surface area contributed by atoms with Gasteiger partial charge in [-0.1, -0.05) is 18.2 Å². The Balaban J connectivity index is 2.58. The van der Waals surface area contributed by atoms with Gasteiger partial charge in [-0.2, -0.15) is 10.5 Å². The van der Waals surface area contributed by atoms with E-state index in [0.29, 0.717) is 16.9 Å². The third kappa shape index (κ3) is 2.25. The van der Waals surface area contributed by atoms with E-state index >= 15 is 0 Å². The average molecular weight is 251 g/mol. The second-order valence-corrected chi connectivity index (χ2v) is 3.93. The van der Waals surface area contributed by atoms with Crippen LogP contribution >= 0.6 is 0 Å². The lowest BCUT2D eigenvalue weighted by Gasteiger charge is -2.21. The molecule has 0 fully saturated rings. The van der Waals surface area contributed by atoms with Crippen LogP contribution in [0.1, 0.15) is 11.1 Å². The van der Waals surface area contributed by atoms with Crippen molar-refractivity contribution in [3.05, 3.63) is 59.4 Å². The van der Waals surface area contributed by atoms with Crippen molar-refractivity contribution in [2.24, 2.45) is 0 Å². The van der Waals surface area contributed by atoms with Gasteiger partial charge in [0.2, 0.25) is 0 Å². The van der Waals surface area contributed by atoms with Gasteiger partial charge in [-0.25, -0.2) is 4.39 Å². The molecule has 0 spiro atoms. The van der Waals surface area contributed by atoms with Crippen molar-refractivity contribution < 1.29 is 4.39 Å². The Hall–Kier alpha value is -2.85. The lowest BCUT2D eigenvalue weighted by atomic mass is 10.1. The maximum atomic E-state index is 13.6. The Bertz CT molecular complexity index is 695. The normalized spacial score (nSPS) is 9.47. The fourth-order valence-electron chi connectivity index (χ4n) is 1.89. The Labute approximate surface area is 110 Å². The summed E-state index contributed by atoms with van der Waals surface area (Å²) in [5, 5.41) is 18.1. The minimum absolute atomic E-state index is 0.0299. The first-order chi connectivity index (χ1) is 9.19. The Morgan fingerprint density at radius 2 is 1.63 bits per heavy atom. The van der Waals surface area contributed by atoms with Crippen LogP contribution < -0.4 is 4.90 Å². The van der Waals surface area contributed by atoms with Gasteiger partial charge in [-0.05, 0) is 24.3 Å². The molecule has 0 saturated heterocycles. The van der Waals surface area contributed by atoms with Crippen molar-refractivity contribution in [1.29, 1.82) is 10.5 Å². The first-order valence-corrected chi connectivity index (χ1v) is 5.60. The molecule has 0 unspecified atom stereocenters. The van der Waals surface area contributed by atoms with E-state index in [1.54, 1.807) is 42.3 Å². The molecular formula is C15H10FN3. The van der Waals surface area contributed by atoms with Crippen LogP contribution in [0.5, 0.6) is 0 Å². The van der Waals surface area contributed by atoms with Crippen LogP contribution in [0.25, 0.3) is 0 Å². The fraction of sp³-hybridized carbons (Fsp3) is 0.0667. The molecule has 0 aliphatic rings. The molecule has 0 aromatic heterocycles. The summed E-state index contributed by atoms with van der Waals surface area (Å²) in [4.78, 5) is 1.64. The molecule has 0 heterocycles. The number of halogens is 1. The lowest BCUT2D eigenvalue weighted by Crippen LogP contribution is -2.13. The number of nitriles is 2. The Kier molecular flexibility index (Phi) is 3.45. The molecule has 19 heavy (non-hydrogen) atoms. The van der Waals surface area contributed by atoms with E-state index in [2.05, 4.69) is 6.07 Å². The van der Waals surface area contributed by atoms with E-state index < -0.39 is 5.82 Å². The lowest BCUT2D eigenvalue weighted by molar-refractivity contribution is 0.624. The number of para-hydroxylation sites is 1. The largest absolute Gasteiger partial charge is 0.342 e. The molecular weight excluding hydrogens is 241 g/mol. The minimum atomic E-state index is -0.568. The zero-order chi connectivity index (χ0) is 13.8. The second-order valence-electron chi connectivity index (χ2n) is 3.93. The number of hydrogen-bond acceptors (Lipinski definition) is 3. The summed E-state index contributed by atoms with van der Waals surface area (Å²) in [6.45, 7) is 0. The maximum absolute atomic E-state index is 13.6. The molecule has 0 aliphatic carbocycles. The summed E-state index contributed by atoms with van der Waals surface area (Å²) in [6.07, 6.45) is 0. The molecule has 0 bridgehead atoms. The Morgan fingerprint density at radius 3 is 2.32 bits per heavy atom. The van der Waals surface area contributed by atoms with E-state index in [0.717, 1.165) is 0 Å². The zero-order valence-electron chi connectivity index (χ0n) is 10.3. The van der Waals surface area contributed by atoms with Gasteiger partial charge in [0.05, 0.1) is 16.9 Å². The third-order valence-electron chi connectivity index (χ3n) is 2.85. The third-order valence-corrected chi connectivity index (χ3v) is 2.85. The van der Waals surface area contributed by atoms with Crippen LogP contribution in [-0.2, 0) is 0 Å². The van der Waals surface area contributed by atoms with Gasteiger partial charge >= 0.3 is 0 Å². The molecule has 0 atom stereocenters. The van der Waals surface area contributed by atoms with Gasteiger partial charge in [-0.3, -0.25) is 0 Å². The highest BCUT2D eigenvalue weighted by Crippen LogP contribution is 2.30. The second kappa shape index (κ2) is 5.20. The van der Waals surface area contributed by atoms with E-state index in [1.165, 1.54) is 12.1 Å². The van der Waals surface area contributed by atoms with Crippen LogP contribution in [0, 0.1) is 28.5 Å². The summed E-state index contributed by atoms with van der Waals surface area (Å²) in [5.41, 5.74) is 1.51. The highest BCUT2D eigenvalue weighted by atomic mass is 19.1. The van der Waals surface area contributed by atoms with Crippen LogP contribution in [0.3, 0.4) is 0 Å². The van der Waals surface area contributed by atoms with Gasteiger partial charge < -0.3 is 4.90 Å². The molecule has 0 saturated carbocycles. The molecule has 2 aromatic rings. The quantitative estimate of drug-likeness (QED) is 0.822. The summed E-state index contributed by atoms with van der Waals surface area (Å²) >= 11 is 0. The van der Waals surface area contributed by atoms with Crippen molar-refractivity contribution in [2.75, 3.05) is 11.9 Å². The van der Waals surface area contributed by atoms with Gasteiger partial charge in [-0.15, -0.1) is 0 Å². The molecule has 2 rings (SSSR count). The summed E-state index contributed by atoms with van der Waals surface area (Å²) < 4.78 is 13.6. The minimum Gasteiger partial charge on any atom is -0.342 e. The van der Waals surface area contributed by atoms with E-state index in [4.69, 9.17) is 10.5 Å². The van der Waals surface area contributed by atoms with Crippen LogP contribution in [0.15, 0.2) is 42.5 Å². The highest BCUT2D eigenvalue weighted by Gasteiger charge is 2.15. The van der Waals surface area contributed by atoms with Crippen LogP contribution in [0.4, 0.5) is 15.8 Å². The number of benzene rings is 2. The molecule has 0 N–H and O–H groups in total. The number of hydrogen-bond donors (Lipinski definition) is 0. The first-order valence-electron chi connectivity index (χ1n) is 5.60. The number of anilines is 2. The molecule has 92 valence electrons. The molecule has 0 radical (unpaired) electrons. The van der Waals surface area contributed by atoms with Crippen molar-refractivity contribution in [3.63, 3.8) is 0 Å². The van der Waals surface area contributed by atoms with Crippen LogP contribution in [0.2, 0.25) is 0 Å². The highest BCUT2D eigenvalue weighted by molar-refractivity contribution is 5.72. The van der Waals surface area contributed by atoms with Gasteiger partial charge in [0.25, 0.3) is 0 Å². The summed E-state index contributed by atoms with van der Waals surface area (Å²) in [5.74, 6) is -0.568. The van der Waals surface area contributed by atoms with Gasteiger partial charge in [0, 0.05) is 7.05 Å². The number of rotatable bonds is 2. The van der Waals surface area contributed by atoms with Crippen LogP contribution in [-0.4, -0.2) is 7.05 Å². The van der Waals surface area contributed by atoms with Crippen molar-refractivity contribution in [1.82, 2.24) is 0 Å². The van der Waals surface area contributed by atoms with E-state index in [-0.39, 0.29) is 5.56 Å². The summed E-state index contributed by atoms with van der Waals surface area (Å²) in [7, 11) is 1.70. The monoisotopic (exact) mass is 251 g/mol. The summed E-state index contributed by atoms with van der Waals surface area (Å²) in [6, 6.07) is 15.3. The van der Waals surface area contributed by atoms with Gasteiger partial charge in [0.15, 0.2) is 0 Å². The standard InChI is InChI=1S/C15H10FN3/c1-19(14-7-3-2-5-11(14)9-17)15-8-4-6-13(16)12(15)10-18/h2-8H,1H3. The van der Waals surface area contributed by atoms with Crippen molar-refractivity contribution in [3.8, 4) is 12.1 Å². The topological polar surface area (TPSA) is 50.8 Å². The van der Waals surface area contributed by atoms with Crippen molar-refractivity contribution >= 4 is 11.4 Å². The predicted molar refractivity (Wildman–Crippen MR) is 70.3 cm³/mol. The fourth-order valence-corrected chi connectivity index (χ4v) is 1.89. The molecule has 2 aromatic carbocycles. The maximum Gasteiger partial charge on any atom is 0.143 e. The molecule has 4 heteroatoms.